The number of carbonyl (C=O) groups is 1. The number of nitrogens with zero attached hydrogens (tertiary/aromatic N) is 1. The SMILES string of the molecule is Cl.NC(=O)C1CCN(Cc2cccc3c2NCC3)C1. The van der Waals surface area contributed by atoms with Crippen LogP contribution in [0.25, 0.3) is 0 Å². The molecule has 1 unspecified atom stereocenters. The number of carbonyl (C=O) groups excluding carboxylic acids is 1. The molecule has 0 aromatic heterocycles. The van der Waals surface area contributed by atoms with Gasteiger partial charge in [0, 0.05) is 25.3 Å². The highest BCUT2D eigenvalue weighted by atomic mass is 35.5. The summed E-state index contributed by atoms with van der Waals surface area (Å²) in [4.78, 5) is 13.5. The smallest absolute Gasteiger partial charge is 0.221 e. The van der Waals surface area contributed by atoms with Gasteiger partial charge in [0.15, 0.2) is 0 Å². The van der Waals surface area contributed by atoms with Gasteiger partial charge in [-0.1, -0.05) is 18.2 Å². The van der Waals surface area contributed by atoms with Gasteiger partial charge in [-0.25, -0.2) is 0 Å². The van der Waals surface area contributed by atoms with Crippen LogP contribution in [0.15, 0.2) is 18.2 Å². The summed E-state index contributed by atoms with van der Waals surface area (Å²) < 4.78 is 0. The molecule has 1 fully saturated rings. The summed E-state index contributed by atoms with van der Waals surface area (Å²) in [5, 5.41) is 3.46. The van der Waals surface area contributed by atoms with Gasteiger partial charge in [0.25, 0.3) is 0 Å². The maximum Gasteiger partial charge on any atom is 0.221 e. The maximum absolute atomic E-state index is 11.2. The molecule has 0 saturated carbocycles. The van der Waals surface area contributed by atoms with Gasteiger partial charge in [0.2, 0.25) is 5.91 Å². The number of benzene rings is 1. The molecule has 2 heterocycles. The molecule has 3 N–H and O–H groups in total. The Bertz CT molecular complexity index is 478. The van der Waals surface area contributed by atoms with Gasteiger partial charge < -0.3 is 11.1 Å². The molecule has 104 valence electrons. The van der Waals surface area contributed by atoms with E-state index in [0.717, 1.165) is 39.0 Å². The van der Waals surface area contributed by atoms with Crippen LogP contribution < -0.4 is 11.1 Å². The molecule has 5 heteroatoms. The molecule has 2 aliphatic heterocycles. The van der Waals surface area contributed by atoms with Crippen LogP contribution >= 0.6 is 12.4 Å². The first-order valence-corrected chi connectivity index (χ1v) is 6.60. The minimum Gasteiger partial charge on any atom is -0.384 e. The monoisotopic (exact) mass is 281 g/mol. The highest BCUT2D eigenvalue weighted by Crippen LogP contribution is 2.28. The number of fused-ring (bicyclic) bond motifs is 1. The predicted molar refractivity (Wildman–Crippen MR) is 78.5 cm³/mol. The number of hydrogen-bond acceptors (Lipinski definition) is 3. The Morgan fingerprint density at radius 1 is 1.47 bits per heavy atom. The van der Waals surface area contributed by atoms with Crippen molar-refractivity contribution in [2.75, 3.05) is 25.0 Å². The summed E-state index contributed by atoms with van der Waals surface area (Å²) in [5.74, 6) is -0.122. The molecule has 0 bridgehead atoms. The number of rotatable bonds is 3. The van der Waals surface area contributed by atoms with Crippen LogP contribution in [0.1, 0.15) is 17.5 Å². The van der Waals surface area contributed by atoms with E-state index in [-0.39, 0.29) is 24.2 Å². The third kappa shape index (κ3) is 2.85. The maximum atomic E-state index is 11.2. The van der Waals surface area contributed by atoms with E-state index in [4.69, 9.17) is 5.73 Å². The van der Waals surface area contributed by atoms with Crippen molar-refractivity contribution < 1.29 is 4.79 Å². The van der Waals surface area contributed by atoms with Crippen LogP contribution in [0.4, 0.5) is 5.69 Å². The fourth-order valence-electron chi connectivity index (χ4n) is 2.99. The first-order chi connectivity index (χ1) is 8.74. The first kappa shape index (κ1) is 14.2. The molecule has 0 aliphatic carbocycles. The van der Waals surface area contributed by atoms with Crippen molar-refractivity contribution in [3.8, 4) is 0 Å². The molecule has 4 nitrogen and oxygen atoms in total. The van der Waals surface area contributed by atoms with Crippen molar-refractivity contribution in [1.82, 2.24) is 4.90 Å². The Morgan fingerprint density at radius 2 is 2.32 bits per heavy atom. The normalized spacial score (nSPS) is 21.6. The fraction of sp³-hybridized carbons (Fsp3) is 0.500. The van der Waals surface area contributed by atoms with E-state index in [2.05, 4.69) is 28.4 Å². The Kier molecular flexibility index (Phi) is 4.32. The second-order valence-corrected chi connectivity index (χ2v) is 5.25. The topological polar surface area (TPSA) is 58.4 Å². The highest BCUT2D eigenvalue weighted by Gasteiger charge is 2.27. The van der Waals surface area contributed by atoms with Gasteiger partial charge in [-0.05, 0) is 30.5 Å². The molecule has 1 atom stereocenters. The van der Waals surface area contributed by atoms with Gasteiger partial charge >= 0.3 is 0 Å². The van der Waals surface area contributed by atoms with E-state index in [1.165, 1.54) is 16.8 Å². The van der Waals surface area contributed by atoms with E-state index < -0.39 is 0 Å². The number of anilines is 1. The molecular formula is C14H20ClN3O. The largest absolute Gasteiger partial charge is 0.384 e. The van der Waals surface area contributed by atoms with Crippen LogP contribution in [0.2, 0.25) is 0 Å². The third-order valence-electron chi connectivity index (χ3n) is 4.00. The quantitative estimate of drug-likeness (QED) is 0.880. The van der Waals surface area contributed by atoms with Crippen molar-refractivity contribution in [3.05, 3.63) is 29.3 Å². The molecule has 0 radical (unpaired) electrons. The zero-order valence-electron chi connectivity index (χ0n) is 10.9. The third-order valence-corrected chi connectivity index (χ3v) is 4.00. The van der Waals surface area contributed by atoms with Crippen LogP contribution in [0, 0.1) is 5.92 Å². The molecule has 1 amide bonds. The molecular weight excluding hydrogens is 262 g/mol. The van der Waals surface area contributed by atoms with Gasteiger partial charge in [-0.2, -0.15) is 0 Å². The summed E-state index contributed by atoms with van der Waals surface area (Å²) in [6.07, 6.45) is 2.02. The standard InChI is InChI=1S/C14H19N3O.ClH/c15-14(18)12-5-7-17(9-12)8-11-3-1-2-10-4-6-16-13(10)11;/h1-3,12,16H,4-9H2,(H2,15,18);1H. The molecule has 0 spiro atoms. The number of likely N-dealkylation sites (tertiary alicyclic amines) is 1. The molecule has 19 heavy (non-hydrogen) atoms. The van der Waals surface area contributed by atoms with Gasteiger partial charge in [0.05, 0.1) is 5.92 Å². The van der Waals surface area contributed by atoms with E-state index >= 15 is 0 Å². The van der Waals surface area contributed by atoms with E-state index in [1.807, 2.05) is 0 Å². The average Bonchev–Trinajstić information content (AvgIpc) is 2.97. The molecule has 1 saturated heterocycles. The Balaban J connectivity index is 0.00000133. The lowest BCUT2D eigenvalue weighted by molar-refractivity contribution is -0.121. The van der Waals surface area contributed by atoms with E-state index in [0.29, 0.717) is 0 Å². The van der Waals surface area contributed by atoms with E-state index in [9.17, 15) is 4.79 Å². The summed E-state index contributed by atoms with van der Waals surface area (Å²) in [6.45, 7) is 3.73. The minimum absolute atomic E-state index is 0. The minimum atomic E-state index is -0.158. The summed E-state index contributed by atoms with van der Waals surface area (Å²) in [5.41, 5.74) is 9.43. The molecule has 1 aromatic rings. The van der Waals surface area contributed by atoms with Gasteiger partial charge in [-0.3, -0.25) is 9.69 Å². The Labute approximate surface area is 119 Å². The second kappa shape index (κ2) is 5.80. The summed E-state index contributed by atoms with van der Waals surface area (Å²) >= 11 is 0. The molecule has 3 rings (SSSR count). The highest BCUT2D eigenvalue weighted by molar-refractivity contribution is 5.85. The number of nitrogens with one attached hydrogen (secondary N) is 1. The Morgan fingerprint density at radius 3 is 3.05 bits per heavy atom. The predicted octanol–water partition coefficient (Wildman–Crippen LogP) is 1.38. The first-order valence-electron chi connectivity index (χ1n) is 6.60. The zero-order valence-corrected chi connectivity index (χ0v) is 11.7. The van der Waals surface area contributed by atoms with Crippen LogP contribution in [-0.4, -0.2) is 30.4 Å². The average molecular weight is 282 g/mol. The second-order valence-electron chi connectivity index (χ2n) is 5.25. The summed E-state index contributed by atoms with van der Waals surface area (Å²) in [6, 6.07) is 6.49. The van der Waals surface area contributed by atoms with Crippen molar-refractivity contribution in [3.63, 3.8) is 0 Å². The van der Waals surface area contributed by atoms with Gasteiger partial charge in [-0.15, -0.1) is 12.4 Å². The summed E-state index contributed by atoms with van der Waals surface area (Å²) in [7, 11) is 0. The van der Waals surface area contributed by atoms with Crippen LogP contribution in [0.5, 0.6) is 0 Å². The fourth-order valence-corrected chi connectivity index (χ4v) is 2.99. The number of para-hydroxylation sites is 1. The number of nitrogens with two attached hydrogens (primary N) is 1. The lowest BCUT2D eigenvalue weighted by Crippen LogP contribution is -2.27. The number of amides is 1. The number of hydrogen-bond donors (Lipinski definition) is 2. The Hall–Kier alpha value is -1.26. The van der Waals surface area contributed by atoms with Crippen LogP contribution in [0.3, 0.4) is 0 Å². The zero-order chi connectivity index (χ0) is 12.5. The molecule has 1 aromatic carbocycles. The van der Waals surface area contributed by atoms with Crippen molar-refractivity contribution >= 4 is 24.0 Å². The lowest BCUT2D eigenvalue weighted by atomic mass is 10.1. The van der Waals surface area contributed by atoms with E-state index in [1.54, 1.807) is 0 Å². The van der Waals surface area contributed by atoms with Crippen molar-refractivity contribution in [2.45, 2.75) is 19.4 Å². The number of halogens is 1. The van der Waals surface area contributed by atoms with Crippen LogP contribution in [-0.2, 0) is 17.8 Å². The lowest BCUT2D eigenvalue weighted by Gasteiger charge is -2.17. The molecule has 2 aliphatic rings. The number of primary amides is 1. The van der Waals surface area contributed by atoms with Gasteiger partial charge in [0.1, 0.15) is 0 Å². The van der Waals surface area contributed by atoms with Crippen molar-refractivity contribution in [1.29, 1.82) is 0 Å². The van der Waals surface area contributed by atoms with Crippen molar-refractivity contribution in [2.24, 2.45) is 11.7 Å².